The Morgan fingerprint density at radius 2 is 2.07 bits per heavy atom. The first-order chi connectivity index (χ1) is 13.8. The molecule has 0 radical (unpaired) electrons. The van der Waals surface area contributed by atoms with E-state index in [-0.39, 0.29) is 0 Å². The van der Waals surface area contributed by atoms with E-state index in [1.54, 1.807) is 0 Å². The lowest BCUT2D eigenvalue weighted by atomic mass is 9.89. The number of hydrogen-bond donors (Lipinski definition) is 2. The number of aromatic nitrogens is 2. The zero-order valence-corrected chi connectivity index (χ0v) is 17.6. The van der Waals surface area contributed by atoms with Crippen molar-refractivity contribution in [3.8, 4) is 0 Å². The Kier molecular flexibility index (Phi) is 5.50. The number of aryl methyl sites for hydroxylation is 1. The number of ether oxygens (including phenoxy) is 2. The van der Waals surface area contributed by atoms with Crippen molar-refractivity contribution in [1.29, 1.82) is 0 Å². The van der Waals surface area contributed by atoms with Crippen molar-refractivity contribution < 1.29 is 14.4 Å². The number of morpholine rings is 1. The molecule has 2 aromatic rings. The number of anilines is 1. The van der Waals surface area contributed by atoms with Crippen LogP contribution in [0.2, 0.25) is 0 Å². The minimum Gasteiger partial charge on any atom is -0.376 e. The van der Waals surface area contributed by atoms with Crippen LogP contribution in [0.4, 0.5) is 5.82 Å². The Morgan fingerprint density at radius 1 is 1.18 bits per heavy atom. The number of rotatable bonds is 5. The second-order valence-electron chi connectivity index (χ2n) is 8.58. The molecule has 7 heteroatoms. The zero-order chi connectivity index (χ0) is 18.9. The normalized spacial score (nSPS) is 25.9. The molecule has 2 N–H and O–H groups in total. The van der Waals surface area contributed by atoms with Crippen LogP contribution in [0.25, 0.3) is 10.2 Å². The van der Waals surface area contributed by atoms with Crippen LogP contribution in [0.3, 0.4) is 0 Å². The highest BCUT2D eigenvalue weighted by Gasteiger charge is 2.26. The van der Waals surface area contributed by atoms with Crippen molar-refractivity contribution in [2.75, 3.05) is 44.8 Å². The molecule has 3 aliphatic rings. The highest BCUT2D eigenvalue weighted by atomic mass is 32.1. The molecule has 4 heterocycles. The van der Waals surface area contributed by atoms with Gasteiger partial charge in [-0.05, 0) is 43.6 Å². The molecule has 5 rings (SSSR count). The number of hydrogen-bond acceptors (Lipinski definition) is 6. The van der Waals surface area contributed by atoms with Gasteiger partial charge in [0, 0.05) is 18.0 Å². The fourth-order valence-corrected chi connectivity index (χ4v) is 6.07. The predicted molar refractivity (Wildman–Crippen MR) is 111 cm³/mol. The smallest absolute Gasteiger partial charge is 0.187 e. The third-order valence-electron chi connectivity index (χ3n) is 6.33. The second-order valence-corrected chi connectivity index (χ2v) is 9.66. The Bertz CT molecular complexity index is 827. The fourth-order valence-electron chi connectivity index (χ4n) is 4.67. The Morgan fingerprint density at radius 3 is 2.89 bits per heavy atom. The minimum absolute atomic E-state index is 0.313. The van der Waals surface area contributed by atoms with Gasteiger partial charge in [-0.3, -0.25) is 0 Å². The summed E-state index contributed by atoms with van der Waals surface area (Å²) in [6, 6.07) is 0. The fraction of sp³-hybridized carbons (Fsp3) is 0.714. The van der Waals surface area contributed by atoms with Crippen molar-refractivity contribution in [3.05, 3.63) is 16.3 Å². The van der Waals surface area contributed by atoms with Crippen molar-refractivity contribution in [2.45, 2.75) is 51.7 Å². The molecule has 0 unspecified atom stereocenters. The molecular formula is C21H31N4O2S+. The molecule has 2 saturated heterocycles. The number of nitrogens with one attached hydrogen (secondary N) is 2. The molecule has 152 valence electrons. The molecule has 6 nitrogen and oxygen atoms in total. The van der Waals surface area contributed by atoms with Crippen LogP contribution >= 0.6 is 11.3 Å². The van der Waals surface area contributed by atoms with Crippen LogP contribution in [0, 0.1) is 5.92 Å². The summed E-state index contributed by atoms with van der Waals surface area (Å²) in [7, 11) is 0. The lowest BCUT2D eigenvalue weighted by Gasteiger charge is -2.23. The maximum atomic E-state index is 5.83. The van der Waals surface area contributed by atoms with E-state index in [0.717, 1.165) is 76.4 Å². The van der Waals surface area contributed by atoms with Gasteiger partial charge in [-0.15, -0.1) is 11.3 Å². The van der Waals surface area contributed by atoms with E-state index in [4.69, 9.17) is 19.4 Å². The van der Waals surface area contributed by atoms with E-state index in [1.807, 2.05) is 11.3 Å². The average molecular weight is 404 g/mol. The predicted octanol–water partition coefficient (Wildman–Crippen LogP) is 1.82. The third-order valence-corrected chi connectivity index (χ3v) is 7.48. The molecule has 0 bridgehead atoms. The molecule has 28 heavy (non-hydrogen) atoms. The Balaban J connectivity index is 1.46. The maximum Gasteiger partial charge on any atom is 0.187 e. The summed E-state index contributed by atoms with van der Waals surface area (Å²) in [5, 5.41) is 4.93. The van der Waals surface area contributed by atoms with E-state index in [2.05, 4.69) is 12.2 Å². The van der Waals surface area contributed by atoms with Gasteiger partial charge in [0.25, 0.3) is 0 Å². The van der Waals surface area contributed by atoms with Crippen molar-refractivity contribution in [3.63, 3.8) is 0 Å². The topological polar surface area (TPSA) is 60.7 Å². The number of quaternary nitrogens is 1. The number of nitrogens with zero attached hydrogens (tertiary/aromatic N) is 2. The van der Waals surface area contributed by atoms with E-state index >= 15 is 0 Å². The van der Waals surface area contributed by atoms with Crippen LogP contribution in [0.5, 0.6) is 0 Å². The number of fused-ring (bicyclic) bond motifs is 3. The first-order valence-corrected chi connectivity index (χ1v) is 11.7. The van der Waals surface area contributed by atoms with Crippen molar-refractivity contribution >= 4 is 27.4 Å². The molecule has 0 saturated carbocycles. The summed E-state index contributed by atoms with van der Waals surface area (Å²) in [5.41, 5.74) is 1.50. The van der Waals surface area contributed by atoms with Gasteiger partial charge in [-0.1, -0.05) is 6.92 Å². The van der Waals surface area contributed by atoms with Gasteiger partial charge < -0.3 is 19.7 Å². The molecule has 0 aromatic carbocycles. The molecular weight excluding hydrogens is 372 g/mol. The van der Waals surface area contributed by atoms with Crippen molar-refractivity contribution in [1.82, 2.24) is 9.97 Å². The lowest BCUT2D eigenvalue weighted by Crippen LogP contribution is -3.12. The van der Waals surface area contributed by atoms with Gasteiger partial charge in [0.2, 0.25) is 0 Å². The largest absolute Gasteiger partial charge is 0.376 e. The van der Waals surface area contributed by atoms with Gasteiger partial charge in [0.1, 0.15) is 30.3 Å². The Hall–Kier alpha value is -1.28. The molecule has 0 amide bonds. The molecule has 2 aliphatic heterocycles. The zero-order valence-electron chi connectivity index (χ0n) is 16.8. The summed E-state index contributed by atoms with van der Waals surface area (Å²) in [6.45, 7) is 8.74. The number of thiophene rings is 1. The minimum atomic E-state index is 0.313. The van der Waals surface area contributed by atoms with E-state index in [1.165, 1.54) is 44.8 Å². The van der Waals surface area contributed by atoms with Gasteiger partial charge >= 0.3 is 0 Å². The van der Waals surface area contributed by atoms with E-state index in [0.29, 0.717) is 6.10 Å². The summed E-state index contributed by atoms with van der Waals surface area (Å²) in [4.78, 5) is 14.3. The standard InChI is InChI=1S/C21H30N4O2S/c1-14-4-5-16-17(11-14)28-21-19(16)20(22-12-15-3-2-8-27-15)23-18(24-21)13-25-6-9-26-10-7-25/h14-15H,2-13H2,1H3,(H,22,23,24)/p+1/t14-,15-/m0/s1. The van der Waals surface area contributed by atoms with Gasteiger partial charge in [0.15, 0.2) is 5.82 Å². The van der Waals surface area contributed by atoms with Crippen LogP contribution in [0.15, 0.2) is 0 Å². The van der Waals surface area contributed by atoms with E-state index in [9.17, 15) is 0 Å². The maximum absolute atomic E-state index is 5.83. The SMILES string of the molecule is C[C@H]1CCc2c(sc3nc(C[NH+]4CCOCC4)nc(NC[C@@H]4CCCO4)c23)C1. The Labute approximate surface area is 170 Å². The van der Waals surface area contributed by atoms with Crippen LogP contribution in [0.1, 0.15) is 42.5 Å². The summed E-state index contributed by atoms with van der Waals surface area (Å²) in [6.07, 6.45) is 6.24. The van der Waals surface area contributed by atoms with Gasteiger partial charge in [-0.2, -0.15) is 0 Å². The summed E-state index contributed by atoms with van der Waals surface area (Å²) < 4.78 is 11.3. The highest BCUT2D eigenvalue weighted by Crippen LogP contribution is 2.40. The molecule has 2 atom stereocenters. The van der Waals surface area contributed by atoms with Gasteiger partial charge in [-0.25, -0.2) is 9.97 Å². The first kappa shape index (κ1) is 18.7. The molecule has 2 aromatic heterocycles. The van der Waals surface area contributed by atoms with E-state index < -0.39 is 0 Å². The van der Waals surface area contributed by atoms with Crippen LogP contribution in [-0.2, 0) is 28.9 Å². The average Bonchev–Trinajstić information content (AvgIpc) is 3.34. The second kappa shape index (κ2) is 8.22. The lowest BCUT2D eigenvalue weighted by molar-refractivity contribution is -0.922. The summed E-state index contributed by atoms with van der Waals surface area (Å²) >= 11 is 1.90. The van der Waals surface area contributed by atoms with Crippen molar-refractivity contribution in [2.24, 2.45) is 5.92 Å². The quantitative estimate of drug-likeness (QED) is 0.798. The molecule has 1 aliphatic carbocycles. The first-order valence-electron chi connectivity index (χ1n) is 10.8. The molecule has 0 spiro atoms. The molecule has 2 fully saturated rings. The van der Waals surface area contributed by atoms with Crippen LogP contribution in [-0.4, -0.2) is 55.5 Å². The highest BCUT2D eigenvalue weighted by molar-refractivity contribution is 7.19. The monoisotopic (exact) mass is 403 g/mol. The third kappa shape index (κ3) is 3.90. The summed E-state index contributed by atoms with van der Waals surface area (Å²) in [5.74, 6) is 2.77. The van der Waals surface area contributed by atoms with Crippen LogP contribution < -0.4 is 10.2 Å². The van der Waals surface area contributed by atoms with Gasteiger partial charge in [0.05, 0.1) is 24.7 Å².